The number of ether oxygens (including phenoxy) is 2. The Balaban J connectivity index is 1.30. The number of pyridine rings is 1. The summed E-state index contributed by atoms with van der Waals surface area (Å²) in [6.45, 7) is 2.63. The smallest absolute Gasteiger partial charge is 0.316 e. The van der Waals surface area contributed by atoms with Crippen LogP contribution in [0.5, 0.6) is 11.8 Å². The maximum absolute atomic E-state index is 12.4. The standard InChI is InChI=1S/C28H28N4O3/c1-19-25(18-35-28-29-15-21(16-30-28)27(33)31-22-11-5-6-12-22)32-24-14-8-7-13-23(24)26(19)34-17-20-9-3-2-4-10-20/h2-4,7-10,13-16,22H,5-6,11-12,17-18H2,1H3,(H,31,33). The highest BCUT2D eigenvalue weighted by Gasteiger charge is 2.19. The molecule has 0 radical (unpaired) electrons. The van der Waals surface area contributed by atoms with Gasteiger partial charge in [0.25, 0.3) is 5.91 Å². The minimum Gasteiger partial charge on any atom is -0.488 e. The summed E-state index contributed by atoms with van der Waals surface area (Å²) in [5.41, 5.74) is 4.02. The lowest BCUT2D eigenvalue weighted by molar-refractivity contribution is 0.0937. The summed E-state index contributed by atoms with van der Waals surface area (Å²) in [4.78, 5) is 25.6. The number of rotatable bonds is 8. The van der Waals surface area contributed by atoms with Gasteiger partial charge in [0.05, 0.1) is 16.8 Å². The quantitative estimate of drug-likeness (QED) is 0.384. The number of nitrogens with zero attached hydrogens (tertiary/aromatic N) is 3. The van der Waals surface area contributed by atoms with Crippen molar-refractivity contribution in [2.24, 2.45) is 0 Å². The monoisotopic (exact) mass is 468 g/mol. The molecule has 178 valence electrons. The second-order valence-electron chi connectivity index (χ2n) is 8.80. The van der Waals surface area contributed by atoms with Crippen molar-refractivity contribution in [1.29, 1.82) is 0 Å². The molecule has 4 aromatic rings. The molecule has 1 N–H and O–H groups in total. The number of hydrogen-bond donors (Lipinski definition) is 1. The molecule has 7 heteroatoms. The van der Waals surface area contributed by atoms with Gasteiger partial charge in [0.15, 0.2) is 0 Å². The lowest BCUT2D eigenvalue weighted by atomic mass is 10.1. The molecular formula is C28H28N4O3. The normalized spacial score (nSPS) is 13.6. The molecule has 35 heavy (non-hydrogen) atoms. The van der Waals surface area contributed by atoms with Crippen LogP contribution in [-0.4, -0.2) is 26.9 Å². The zero-order valence-electron chi connectivity index (χ0n) is 19.7. The molecule has 1 saturated carbocycles. The Morgan fingerprint density at radius 2 is 1.66 bits per heavy atom. The summed E-state index contributed by atoms with van der Waals surface area (Å²) < 4.78 is 12.1. The van der Waals surface area contributed by atoms with Gasteiger partial charge in [-0.25, -0.2) is 15.0 Å². The fourth-order valence-corrected chi connectivity index (χ4v) is 4.36. The predicted octanol–water partition coefficient (Wildman–Crippen LogP) is 5.16. The fourth-order valence-electron chi connectivity index (χ4n) is 4.36. The zero-order chi connectivity index (χ0) is 24.0. The third kappa shape index (κ3) is 5.40. The zero-order valence-corrected chi connectivity index (χ0v) is 19.7. The number of carbonyl (C=O) groups excluding carboxylic acids is 1. The molecular weight excluding hydrogens is 440 g/mol. The van der Waals surface area contributed by atoms with E-state index in [1.807, 2.05) is 61.5 Å². The Kier molecular flexibility index (Phi) is 6.84. The summed E-state index contributed by atoms with van der Waals surface area (Å²) in [6, 6.07) is 18.4. The van der Waals surface area contributed by atoms with Crippen molar-refractivity contribution in [2.75, 3.05) is 0 Å². The van der Waals surface area contributed by atoms with E-state index in [9.17, 15) is 4.79 Å². The largest absolute Gasteiger partial charge is 0.488 e. The number of hydrogen-bond acceptors (Lipinski definition) is 6. The maximum atomic E-state index is 12.4. The first kappa shape index (κ1) is 22.8. The van der Waals surface area contributed by atoms with Crippen LogP contribution in [0, 0.1) is 6.92 Å². The topological polar surface area (TPSA) is 86.2 Å². The molecule has 2 aromatic heterocycles. The van der Waals surface area contributed by atoms with E-state index in [0.29, 0.717) is 12.2 Å². The van der Waals surface area contributed by atoms with Gasteiger partial charge in [0, 0.05) is 29.4 Å². The Morgan fingerprint density at radius 3 is 2.43 bits per heavy atom. The summed E-state index contributed by atoms with van der Waals surface area (Å²) in [6.07, 6.45) is 7.39. The first-order chi connectivity index (χ1) is 17.2. The Morgan fingerprint density at radius 1 is 0.943 bits per heavy atom. The number of aromatic nitrogens is 3. The van der Waals surface area contributed by atoms with Crippen LogP contribution in [0.15, 0.2) is 67.0 Å². The number of nitrogens with one attached hydrogen (secondary N) is 1. The third-order valence-electron chi connectivity index (χ3n) is 6.32. The molecule has 1 amide bonds. The van der Waals surface area contributed by atoms with E-state index in [4.69, 9.17) is 14.5 Å². The number of benzene rings is 2. The summed E-state index contributed by atoms with van der Waals surface area (Å²) in [5.74, 6) is 0.647. The number of para-hydroxylation sites is 1. The van der Waals surface area contributed by atoms with Crippen LogP contribution in [0.3, 0.4) is 0 Å². The minimum absolute atomic E-state index is 0.143. The van der Waals surface area contributed by atoms with Gasteiger partial charge >= 0.3 is 6.01 Å². The van der Waals surface area contributed by atoms with Crippen LogP contribution in [0.1, 0.15) is 52.9 Å². The molecule has 0 aliphatic heterocycles. The van der Waals surface area contributed by atoms with Crippen LogP contribution >= 0.6 is 0 Å². The fraction of sp³-hybridized carbons (Fsp3) is 0.286. The van der Waals surface area contributed by atoms with Gasteiger partial charge in [-0.1, -0.05) is 55.3 Å². The summed E-state index contributed by atoms with van der Waals surface area (Å²) in [5, 5.41) is 4.00. The van der Waals surface area contributed by atoms with Crippen molar-refractivity contribution in [3.05, 3.63) is 89.4 Å². The highest BCUT2D eigenvalue weighted by Crippen LogP contribution is 2.31. The minimum atomic E-state index is -0.143. The van der Waals surface area contributed by atoms with Crippen molar-refractivity contribution in [1.82, 2.24) is 20.3 Å². The number of amides is 1. The van der Waals surface area contributed by atoms with Crippen molar-refractivity contribution in [3.8, 4) is 11.8 Å². The highest BCUT2D eigenvalue weighted by molar-refractivity contribution is 5.93. The number of carbonyl (C=O) groups is 1. The van der Waals surface area contributed by atoms with Crippen LogP contribution in [0.25, 0.3) is 10.9 Å². The van der Waals surface area contributed by atoms with E-state index >= 15 is 0 Å². The first-order valence-electron chi connectivity index (χ1n) is 12.0. The molecule has 7 nitrogen and oxygen atoms in total. The van der Waals surface area contributed by atoms with Crippen molar-refractivity contribution < 1.29 is 14.3 Å². The molecule has 1 fully saturated rings. The second kappa shape index (κ2) is 10.5. The lowest BCUT2D eigenvalue weighted by Crippen LogP contribution is -2.32. The van der Waals surface area contributed by atoms with E-state index in [1.54, 1.807) is 0 Å². The first-order valence-corrected chi connectivity index (χ1v) is 12.0. The van der Waals surface area contributed by atoms with E-state index in [1.165, 1.54) is 12.4 Å². The Hall–Kier alpha value is -4.00. The van der Waals surface area contributed by atoms with Gasteiger partial charge in [0.2, 0.25) is 0 Å². The van der Waals surface area contributed by atoms with E-state index in [2.05, 4.69) is 15.3 Å². The van der Waals surface area contributed by atoms with Crippen molar-refractivity contribution in [3.63, 3.8) is 0 Å². The van der Waals surface area contributed by atoms with Gasteiger partial charge in [-0.05, 0) is 37.5 Å². The molecule has 2 aromatic carbocycles. The van der Waals surface area contributed by atoms with Gasteiger partial charge in [-0.3, -0.25) is 4.79 Å². The van der Waals surface area contributed by atoms with E-state index in [0.717, 1.165) is 59.2 Å². The van der Waals surface area contributed by atoms with E-state index < -0.39 is 0 Å². The van der Waals surface area contributed by atoms with Crippen molar-refractivity contribution in [2.45, 2.75) is 51.9 Å². The van der Waals surface area contributed by atoms with Crippen LogP contribution in [0.4, 0.5) is 0 Å². The van der Waals surface area contributed by atoms with Crippen LogP contribution in [0.2, 0.25) is 0 Å². The highest BCUT2D eigenvalue weighted by atomic mass is 16.5. The Labute approximate surface area is 204 Å². The third-order valence-corrected chi connectivity index (χ3v) is 6.32. The second-order valence-corrected chi connectivity index (χ2v) is 8.80. The Bertz CT molecular complexity index is 1300. The number of fused-ring (bicyclic) bond motifs is 1. The van der Waals surface area contributed by atoms with Gasteiger partial charge < -0.3 is 14.8 Å². The maximum Gasteiger partial charge on any atom is 0.316 e. The summed E-state index contributed by atoms with van der Waals surface area (Å²) >= 11 is 0. The summed E-state index contributed by atoms with van der Waals surface area (Å²) in [7, 11) is 0. The van der Waals surface area contributed by atoms with Gasteiger partial charge in [0.1, 0.15) is 19.0 Å². The molecule has 0 bridgehead atoms. The van der Waals surface area contributed by atoms with Gasteiger partial charge in [-0.2, -0.15) is 0 Å². The SMILES string of the molecule is Cc1c(COc2ncc(C(=O)NC3CCCC3)cn2)nc2ccccc2c1OCc1ccccc1. The van der Waals surface area contributed by atoms with E-state index in [-0.39, 0.29) is 24.6 Å². The molecule has 5 rings (SSSR count). The molecule has 0 atom stereocenters. The van der Waals surface area contributed by atoms with Gasteiger partial charge in [-0.15, -0.1) is 0 Å². The molecule has 0 unspecified atom stereocenters. The molecule has 1 aliphatic rings. The predicted molar refractivity (Wildman–Crippen MR) is 133 cm³/mol. The molecule has 1 aliphatic carbocycles. The molecule has 0 spiro atoms. The van der Waals surface area contributed by atoms with Crippen LogP contribution in [-0.2, 0) is 13.2 Å². The van der Waals surface area contributed by atoms with Crippen LogP contribution < -0.4 is 14.8 Å². The lowest BCUT2D eigenvalue weighted by Gasteiger charge is -2.16. The average molecular weight is 469 g/mol. The molecule has 2 heterocycles. The molecule has 0 saturated heterocycles. The average Bonchev–Trinajstić information content (AvgIpc) is 3.41. The van der Waals surface area contributed by atoms with Crippen molar-refractivity contribution >= 4 is 16.8 Å².